The molecule has 0 spiro atoms. The zero-order chi connectivity index (χ0) is 25.8. The Morgan fingerprint density at radius 2 is 2.08 bits per heavy atom. The van der Waals surface area contributed by atoms with E-state index in [0.717, 1.165) is 25.7 Å². The number of hydrogen-bond donors (Lipinski definition) is 2. The van der Waals surface area contributed by atoms with Gasteiger partial charge in [-0.15, -0.1) is 0 Å². The Hall–Kier alpha value is -3.56. The molecule has 0 radical (unpaired) electrons. The molecule has 0 saturated carbocycles. The SMILES string of the molecule is CC[C@H]1CCCCN1C(=O)C[C@H](NC(=O)c1cc(C)on1)C(=O)C[C@@H](C)c1nc2c(F)cccc2[nH]1. The van der Waals surface area contributed by atoms with E-state index >= 15 is 0 Å². The molecule has 2 aromatic heterocycles. The van der Waals surface area contributed by atoms with Gasteiger partial charge in [0.05, 0.1) is 18.0 Å². The molecule has 1 aliphatic heterocycles. The van der Waals surface area contributed by atoms with E-state index in [0.29, 0.717) is 23.6 Å². The maximum Gasteiger partial charge on any atom is 0.274 e. The summed E-state index contributed by atoms with van der Waals surface area (Å²) in [6, 6.07) is 5.21. The van der Waals surface area contributed by atoms with Crippen molar-refractivity contribution in [2.45, 2.75) is 77.3 Å². The van der Waals surface area contributed by atoms with Crippen molar-refractivity contribution in [1.29, 1.82) is 0 Å². The summed E-state index contributed by atoms with van der Waals surface area (Å²) >= 11 is 0. The van der Waals surface area contributed by atoms with E-state index in [4.69, 9.17) is 4.52 Å². The molecule has 192 valence electrons. The van der Waals surface area contributed by atoms with E-state index in [1.54, 1.807) is 26.0 Å². The molecule has 1 saturated heterocycles. The Bertz CT molecular complexity index is 1250. The number of nitrogens with zero attached hydrogens (tertiary/aromatic N) is 3. The van der Waals surface area contributed by atoms with Crippen LogP contribution in [-0.2, 0) is 9.59 Å². The highest BCUT2D eigenvalue weighted by Crippen LogP contribution is 2.24. The number of nitrogens with one attached hydrogen (secondary N) is 2. The minimum atomic E-state index is -1.04. The van der Waals surface area contributed by atoms with Crippen LogP contribution in [0.25, 0.3) is 11.0 Å². The van der Waals surface area contributed by atoms with Crippen molar-refractivity contribution in [2.24, 2.45) is 0 Å². The van der Waals surface area contributed by atoms with Gasteiger partial charge in [0.25, 0.3) is 5.91 Å². The summed E-state index contributed by atoms with van der Waals surface area (Å²) in [6.07, 6.45) is 3.64. The van der Waals surface area contributed by atoms with Crippen LogP contribution in [0.3, 0.4) is 0 Å². The fourth-order valence-electron chi connectivity index (χ4n) is 4.79. The van der Waals surface area contributed by atoms with E-state index < -0.39 is 17.8 Å². The molecular formula is C26H32FN5O4. The van der Waals surface area contributed by atoms with Gasteiger partial charge in [-0.2, -0.15) is 0 Å². The number of likely N-dealkylation sites (tertiary alicyclic amines) is 1. The molecule has 1 aliphatic rings. The first-order valence-corrected chi connectivity index (χ1v) is 12.5. The number of halogens is 1. The fourth-order valence-corrected chi connectivity index (χ4v) is 4.79. The third-order valence-electron chi connectivity index (χ3n) is 6.81. The van der Waals surface area contributed by atoms with Crippen LogP contribution < -0.4 is 5.32 Å². The average Bonchev–Trinajstić information content (AvgIpc) is 3.51. The number of benzene rings is 1. The number of hydrogen-bond acceptors (Lipinski definition) is 6. The number of aromatic amines is 1. The lowest BCUT2D eigenvalue weighted by Gasteiger charge is -2.36. The van der Waals surface area contributed by atoms with Crippen LogP contribution in [0.2, 0.25) is 0 Å². The maximum atomic E-state index is 14.1. The van der Waals surface area contributed by atoms with E-state index in [9.17, 15) is 18.8 Å². The van der Waals surface area contributed by atoms with Gasteiger partial charge < -0.3 is 19.7 Å². The largest absolute Gasteiger partial charge is 0.361 e. The topological polar surface area (TPSA) is 121 Å². The summed E-state index contributed by atoms with van der Waals surface area (Å²) in [4.78, 5) is 48.7. The number of para-hydroxylation sites is 1. The number of carbonyl (C=O) groups is 3. The molecule has 36 heavy (non-hydrogen) atoms. The molecule has 1 fully saturated rings. The number of carbonyl (C=O) groups excluding carboxylic acids is 3. The van der Waals surface area contributed by atoms with E-state index in [-0.39, 0.29) is 47.7 Å². The number of imidazole rings is 1. The van der Waals surface area contributed by atoms with Gasteiger partial charge in [0.1, 0.15) is 17.1 Å². The number of ketones is 1. The Balaban J connectivity index is 1.51. The lowest BCUT2D eigenvalue weighted by molar-refractivity contribution is -0.137. The summed E-state index contributed by atoms with van der Waals surface area (Å²) in [6.45, 7) is 6.16. The van der Waals surface area contributed by atoms with Crippen LogP contribution in [0.5, 0.6) is 0 Å². The molecule has 0 unspecified atom stereocenters. The lowest BCUT2D eigenvalue weighted by atomic mass is 9.95. The van der Waals surface area contributed by atoms with E-state index in [1.807, 2.05) is 11.8 Å². The average molecular weight is 498 g/mol. The van der Waals surface area contributed by atoms with Crippen LogP contribution in [0.4, 0.5) is 4.39 Å². The second-order valence-electron chi connectivity index (χ2n) is 9.53. The van der Waals surface area contributed by atoms with Crippen molar-refractivity contribution < 1.29 is 23.3 Å². The summed E-state index contributed by atoms with van der Waals surface area (Å²) in [5, 5.41) is 6.41. The van der Waals surface area contributed by atoms with Gasteiger partial charge in [0.15, 0.2) is 17.3 Å². The predicted octanol–water partition coefficient (Wildman–Crippen LogP) is 4.04. The number of aryl methyl sites for hydroxylation is 1. The van der Waals surface area contributed by atoms with Gasteiger partial charge in [-0.25, -0.2) is 9.37 Å². The number of piperidine rings is 1. The number of amides is 2. The van der Waals surface area contributed by atoms with Crippen LogP contribution in [0.15, 0.2) is 28.8 Å². The molecule has 2 N–H and O–H groups in total. The summed E-state index contributed by atoms with van der Waals surface area (Å²) < 4.78 is 19.1. The van der Waals surface area contributed by atoms with Gasteiger partial charge in [-0.3, -0.25) is 14.4 Å². The van der Waals surface area contributed by atoms with Gasteiger partial charge in [-0.05, 0) is 44.7 Å². The molecular weight excluding hydrogens is 465 g/mol. The standard InChI is InChI=1S/C26H32FN5O4/c1-4-17-8-5-6-11-32(17)23(34)14-20(29-26(35)21-13-16(3)36-31-21)22(33)12-15(2)25-28-19-10-7-9-18(27)24(19)30-25/h7,9-10,13,15,17,20H,4-6,8,11-12,14H2,1-3H3,(H,28,30)(H,29,35)/t15-,17+,20+/m1/s1. The summed E-state index contributed by atoms with van der Waals surface area (Å²) in [7, 11) is 0. The number of H-pyrrole nitrogens is 1. The van der Waals surface area contributed by atoms with E-state index in [2.05, 4.69) is 20.4 Å². The molecule has 4 rings (SSSR count). The minimum Gasteiger partial charge on any atom is -0.361 e. The molecule has 3 atom stereocenters. The van der Waals surface area contributed by atoms with Crippen molar-refractivity contribution in [3.8, 4) is 0 Å². The molecule has 3 aromatic rings. The third-order valence-corrected chi connectivity index (χ3v) is 6.81. The normalized spacial score (nSPS) is 17.7. The minimum absolute atomic E-state index is 0.00865. The summed E-state index contributed by atoms with van der Waals surface area (Å²) in [5.41, 5.74) is 0.799. The van der Waals surface area contributed by atoms with Gasteiger partial charge in [0, 0.05) is 31.0 Å². The Labute approximate surface area is 208 Å². The van der Waals surface area contributed by atoms with Crippen LogP contribution in [0, 0.1) is 12.7 Å². The van der Waals surface area contributed by atoms with Crippen molar-refractivity contribution in [2.75, 3.05) is 6.54 Å². The quantitative estimate of drug-likeness (QED) is 0.460. The highest BCUT2D eigenvalue weighted by atomic mass is 19.1. The van der Waals surface area contributed by atoms with Gasteiger partial charge >= 0.3 is 0 Å². The van der Waals surface area contributed by atoms with Crippen LogP contribution >= 0.6 is 0 Å². The monoisotopic (exact) mass is 497 g/mol. The Kier molecular flexibility index (Phi) is 7.81. The second-order valence-corrected chi connectivity index (χ2v) is 9.53. The molecule has 0 aliphatic carbocycles. The van der Waals surface area contributed by atoms with Crippen LogP contribution in [-0.4, -0.2) is 56.3 Å². The number of Topliss-reactive ketones (excluding diaryl/α,β-unsaturated/α-hetero) is 1. The molecule has 10 heteroatoms. The third kappa shape index (κ3) is 5.63. The number of aromatic nitrogens is 3. The predicted molar refractivity (Wildman–Crippen MR) is 131 cm³/mol. The van der Waals surface area contributed by atoms with Gasteiger partial charge in [0.2, 0.25) is 5.91 Å². The first kappa shape index (κ1) is 25.5. The zero-order valence-corrected chi connectivity index (χ0v) is 20.8. The number of fused-ring (bicyclic) bond motifs is 1. The maximum absolute atomic E-state index is 14.1. The second kappa shape index (κ2) is 11.0. The summed E-state index contributed by atoms with van der Waals surface area (Å²) in [5.74, 6) is -0.948. The molecule has 2 amide bonds. The highest BCUT2D eigenvalue weighted by molar-refractivity contribution is 5.98. The van der Waals surface area contributed by atoms with Crippen molar-refractivity contribution in [3.63, 3.8) is 0 Å². The number of rotatable bonds is 9. The molecule has 9 nitrogen and oxygen atoms in total. The lowest BCUT2D eigenvalue weighted by Crippen LogP contribution is -2.49. The highest BCUT2D eigenvalue weighted by Gasteiger charge is 2.32. The smallest absolute Gasteiger partial charge is 0.274 e. The molecule has 0 bridgehead atoms. The van der Waals surface area contributed by atoms with Gasteiger partial charge in [-0.1, -0.05) is 25.1 Å². The van der Waals surface area contributed by atoms with Crippen LogP contribution in [0.1, 0.15) is 80.4 Å². The fraction of sp³-hybridized carbons (Fsp3) is 0.500. The van der Waals surface area contributed by atoms with Crippen molar-refractivity contribution >= 4 is 28.6 Å². The first-order chi connectivity index (χ1) is 17.3. The van der Waals surface area contributed by atoms with Crippen molar-refractivity contribution in [3.05, 3.63) is 47.4 Å². The first-order valence-electron chi connectivity index (χ1n) is 12.5. The Morgan fingerprint density at radius 3 is 2.78 bits per heavy atom. The zero-order valence-electron chi connectivity index (χ0n) is 20.8. The molecule has 1 aromatic carbocycles. The van der Waals surface area contributed by atoms with Crippen molar-refractivity contribution in [1.82, 2.24) is 25.3 Å². The van der Waals surface area contributed by atoms with E-state index in [1.165, 1.54) is 12.1 Å². The molecule has 3 heterocycles. The Morgan fingerprint density at radius 1 is 1.28 bits per heavy atom.